The predicted molar refractivity (Wildman–Crippen MR) is 111 cm³/mol. The van der Waals surface area contributed by atoms with Gasteiger partial charge in [-0.1, -0.05) is 40.6 Å². The third kappa shape index (κ3) is 5.93. The zero-order valence-electron chi connectivity index (χ0n) is 17.3. The van der Waals surface area contributed by atoms with Gasteiger partial charge in [0.2, 0.25) is 0 Å². The van der Waals surface area contributed by atoms with E-state index in [9.17, 15) is 18.0 Å². The van der Waals surface area contributed by atoms with Crippen LogP contribution in [0.5, 0.6) is 0 Å². The lowest BCUT2D eigenvalue weighted by Gasteiger charge is -2.13. The van der Waals surface area contributed by atoms with E-state index >= 15 is 0 Å². The first-order chi connectivity index (χ1) is 14.8. The smallest absolute Gasteiger partial charge is 0.399 e. The Morgan fingerprint density at radius 1 is 1.16 bits per heavy atom. The van der Waals surface area contributed by atoms with Crippen molar-refractivity contribution in [3.05, 3.63) is 70.3 Å². The Morgan fingerprint density at radius 2 is 1.90 bits per heavy atom. The molecule has 0 amide bonds. The number of hydrogen-bond acceptors (Lipinski definition) is 5. The topological polar surface area (TPSA) is 60.2 Å². The molecule has 31 heavy (non-hydrogen) atoms. The van der Waals surface area contributed by atoms with E-state index in [1.807, 2.05) is 13.0 Å². The van der Waals surface area contributed by atoms with Gasteiger partial charge in [0.05, 0.1) is 11.3 Å². The third-order valence-electron chi connectivity index (χ3n) is 5.07. The van der Waals surface area contributed by atoms with E-state index in [2.05, 4.69) is 10.3 Å². The number of oxime groups is 2. The van der Waals surface area contributed by atoms with Crippen molar-refractivity contribution in [2.45, 2.75) is 39.0 Å². The van der Waals surface area contributed by atoms with Crippen LogP contribution in [0.3, 0.4) is 0 Å². The lowest BCUT2D eigenvalue weighted by Crippen LogP contribution is -2.11. The van der Waals surface area contributed by atoms with Crippen LogP contribution in [0.2, 0.25) is 0 Å². The minimum absolute atomic E-state index is 0.0334. The van der Waals surface area contributed by atoms with Crippen molar-refractivity contribution in [2.75, 3.05) is 7.11 Å². The Bertz CT molecular complexity index is 996. The second kappa shape index (κ2) is 9.76. The van der Waals surface area contributed by atoms with Gasteiger partial charge in [-0.15, -0.1) is 0 Å². The monoisotopic (exact) mass is 432 g/mol. The van der Waals surface area contributed by atoms with Crippen LogP contribution in [0.15, 0.2) is 52.8 Å². The van der Waals surface area contributed by atoms with Gasteiger partial charge in [0.1, 0.15) is 19.4 Å². The summed E-state index contributed by atoms with van der Waals surface area (Å²) in [6.07, 6.45) is -1.24. The number of hydrogen-bond donors (Lipinski definition) is 0. The largest absolute Gasteiger partial charge is 0.416 e. The highest BCUT2D eigenvalue weighted by molar-refractivity contribution is 6.36. The van der Waals surface area contributed by atoms with Gasteiger partial charge in [-0.05, 0) is 55.4 Å². The Hall–Kier alpha value is -3.16. The van der Waals surface area contributed by atoms with Gasteiger partial charge < -0.3 is 9.68 Å². The number of benzene rings is 2. The highest BCUT2D eigenvalue weighted by atomic mass is 19.4. The van der Waals surface area contributed by atoms with Crippen LogP contribution in [-0.4, -0.2) is 24.8 Å². The van der Waals surface area contributed by atoms with Gasteiger partial charge in [-0.2, -0.15) is 13.2 Å². The van der Waals surface area contributed by atoms with Crippen LogP contribution >= 0.6 is 0 Å². The molecule has 2 aromatic carbocycles. The van der Waals surface area contributed by atoms with Crippen molar-refractivity contribution in [1.29, 1.82) is 0 Å². The van der Waals surface area contributed by atoms with Crippen molar-refractivity contribution >= 4 is 17.7 Å². The van der Waals surface area contributed by atoms with E-state index in [0.29, 0.717) is 41.0 Å². The van der Waals surface area contributed by atoms with Crippen LogP contribution in [0.4, 0.5) is 13.2 Å². The highest BCUT2D eigenvalue weighted by Gasteiger charge is 2.31. The molecule has 0 aliphatic heterocycles. The molecule has 0 unspecified atom stereocenters. The van der Waals surface area contributed by atoms with E-state index in [1.54, 1.807) is 18.2 Å². The number of carbonyl (C=O) groups is 1. The van der Waals surface area contributed by atoms with Crippen LogP contribution in [0, 0.1) is 12.8 Å². The van der Waals surface area contributed by atoms with Gasteiger partial charge in [0, 0.05) is 11.1 Å². The molecule has 0 radical (unpaired) electrons. The molecule has 1 aliphatic rings. The van der Waals surface area contributed by atoms with Crippen molar-refractivity contribution in [1.82, 2.24) is 0 Å². The predicted octanol–water partition coefficient (Wildman–Crippen LogP) is 5.28. The summed E-state index contributed by atoms with van der Waals surface area (Å²) < 4.78 is 39.4. The number of rotatable bonds is 9. The number of aldehydes is 1. The number of aryl methyl sites for hydroxylation is 1. The zero-order chi connectivity index (χ0) is 22.4. The molecular formula is C23H23F3N2O3. The quantitative estimate of drug-likeness (QED) is 0.308. The Balaban J connectivity index is 1.87. The summed E-state index contributed by atoms with van der Waals surface area (Å²) in [6.45, 7) is 1.89. The summed E-state index contributed by atoms with van der Waals surface area (Å²) in [4.78, 5) is 21.7. The molecule has 0 N–H and O–H groups in total. The first-order valence-corrected chi connectivity index (χ1v) is 9.85. The van der Waals surface area contributed by atoms with Crippen LogP contribution < -0.4 is 0 Å². The van der Waals surface area contributed by atoms with Gasteiger partial charge in [0.25, 0.3) is 0 Å². The minimum Gasteiger partial charge on any atom is -0.399 e. The average Bonchev–Trinajstić information content (AvgIpc) is 3.56. The minimum atomic E-state index is -4.43. The molecule has 164 valence electrons. The van der Waals surface area contributed by atoms with Crippen LogP contribution in [-0.2, 0) is 27.3 Å². The molecule has 1 fully saturated rings. The maximum atomic E-state index is 13.1. The van der Waals surface area contributed by atoms with Gasteiger partial charge in [-0.25, -0.2) is 0 Å². The highest BCUT2D eigenvalue weighted by Crippen LogP contribution is 2.35. The number of nitrogens with zero attached hydrogens (tertiary/aromatic N) is 2. The third-order valence-corrected chi connectivity index (χ3v) is 5.07. The van der Waals surface area contributed by atoms with Gasteiger partial charge in [0.15, 0.2) is 6.29 Å². The average molecular weight is 432 g/mol. The molecule has 0 heterocycles. The molecule has 0 aromatic heterocycles. The summed E-state index contributed by atoms with van der Waals surface area (Å²) in [5.74, 6) is 0.404. The van der Waals surface area contributed by atoms with E-state index < -0.39 is 11.7 Å². The standard InChI is InChI=1S/C23H23F3N2O3/c1-15-5-3-8-19(22(13-29)27-30-2)20(15)14-31-28-21(11-16-9-10-16)17-6-4-7-18(12-17)23(24,25)26/h3-8,12-13,16H,9-11,14H2,1-2H3/b27-22-,28-21+. The summed E-state index contributed by atoms with van der Waals surface area (Å²) in [5, 5.41) is 7.93. The normalized spacial score (nSPS) is 15.0. The van der Waals surface area contributed by atoms with Crippen LogP contribution in [0.1, 0.15) is 47.1 Å². The fourth-order valence-electron chi connectivity index (χ4n) is 3.22. The zero-order valence-corrected chi connectivity index (χ0v) is 17.3. The first kappa shape index (κ1) is 22.5. The van der Waals surface area contributed by atoms with E-state index in [0.717, 1.165) is 30.5 Å². The summed E-state index contributed by atoms with van der Waals surface area (Å²) >= 11 is 0. The second-order valence-electron chi connectivity index (χ2n) is 7.42. The Labute approximate surface area is 178 Å². The first-order valence-electron chi connectivity index (χ1n) is 9.85. The fraction of sp³-hybridized carbons (Fsp3) is 0.348. The van der Waals surface area contributed by atoms with Gasteiger partial charge >= 0.3 is 6.18 Å². The molecule has 1 aliphatic carbocycles. The maximum Gasteiger partial charge on any atom is 0.416 e. The van der Waals surface area contributed by atoms with Crippen LogP contribution in [0.25, 0.3) is 0 Å². The Kier molecular flexibility index (Phi) is 7.09. The summed E-state index contributed by atoms with van der Waals surface area (Å²) in [7, 11) is 1.35. The molecule has 5 nitrogen and oxygen atoms in total. The van der Waals surface area contributed by atoms with E-state index in [1.165, 1.54) is 13.2 Å². The summed E-state index contributed by atoms with van der Waals surface area (Å²) in [6, 6.07) is 10.5. The molecule has 3 rings (SSSR count). The molecule has 0 bridgehead atoms. The molecular weight excluding hydrogens is 409 g/mol. The van der Waals surface area contributed by atoms with E-state index in [-0.39, 0.29) is 12.3 Å². The number of alkyl halides is 3. The van der Waals surface area contributed by atoms with Crippen molar-refractivity contribution in [3.63, 3.8) is 0 Å². The van der Waals surface area contributed by atoms with E-state index in [4.69, 9.17) is 9.68 Å². The molecule has 0 atom stereocenters. The molecule has 0 saturated heterocycles. The van der Waals surface area contributed by atoms with Crippen molar-refractivity contribution in [2.24, 2.45) is 16.2 Å². The SMILES string of the molecule is CO/N=C(/C=O)c1cccc(C)c1CO/N=C(\CC1CC1)c1cccc(C(F)(F)F)c1. The van der Waals surface area contributed by atoms with Crippen molar-refractivity contribution in [3.8, 4) is 0 Å². The molecule has 2 aromatic rings. The second-order valence-corrected chi connectivity index (χ2v) is 7.42. The molecule has 1 saturated carbocycles. The maximum absolute atomic E-state index is 13.1. The summed E-state index contributed by atoms with van der Waals surface area (Å²) in [5.41, 5.74) is 2.37. The molecule has 8 heteroatoms. The lowest BCUT2D eigenvalue weighted by atomic mass is 9.99. The number of halogens is 3. The number of carbonyl (C=O) groups excluding carboxylic acids is 1. The molecule has 0 spiro atoms. The lowest BCUT2D eigenvalue weighted by molar-refractivity contribution is -0.137. The van der Waals surface area contributed by atoms with Gasteiger partial charge in [-0.3, -0.25) is 4.79 Å². The fourth-order valence-corrected chi connectivity index (χ4v) is 3.22. The Morgan fingerprint density at radius 3 is 2.55 bits per heavy atom. The van der Waals surface area contributed by atoms with Crippen molar-refractivity contribution < 1.29 is 27.6 Å².